The highest BCUT2D eigenvalue weighted by Crippen LogP contribution is 2.17. The molecule has 1 N–H and O–H groups in total. The van der Waals surface area contributed by atoms with Crippen LogP contribution >= 0.6 is 0 Å². The van der Waals surface area contributed by atoms with Gasteiger partial charge in [0, 0.05) is 35.5 Å². The number of ether oxygens (including phenoxy) is 1. The molecule has 0 saturated carbocycles. The number of anilines is 1. The summed E-state index contributed by atoms with van der Waals surface area (Å²) in [5.41, 5.74) is 5.89. The van der Waals surface area contributed by atoms with E-state index in [0.717, 1.165) is 29.1 Å². The number of amides is 1. The standard InChI is InChI=1S/C28H31N3O3/c1-19(2)18-31-21(4)26(20(3)30-31)14-15-27(32)29-25-11-7-9-23(17-25)13-12-22-8-6-10-24(16-22)28(33)34-5/h6-11,16-17,19H,14-15,18H2,1-5H3,(H,29,32). The van der Waals surface area contributed by atoms with Crippen molar-refractivity contribution in [3.8, 4) is 11.8 Å². The summed E-state index contributed by atoms with van der Waals surface area (Å²) in [6, 6.07) is 14.4. The van der Waals surface area contributed by atoms with Crippen LogP contribution in [0.4, 0.5) is 5.69 Å². The minimum Gasteiger partial charge on any atom is -0.465 e. The lowest BCUT2D eigenvalue weighted by atomic mass is 10.1. The number of nitrogens with zero attached hydrogens (tertiary/aromatic N) is 2. The fourth-order valence-corrected chi connectivity index (χ4v) is 3.74. The summed E-state index contributed by atoms with van der Waals surface area (Å²) in [6.07, 6.45) is 1.03. The van der Waals surface area contributed by atoms with Crippen LogP contribution in [0.2, 0.25) is 0 Å². The maximum Gasteiger partial charge on any atom is 0.337 e. The first-order chi connectivity index (χ1) is 16.3. The molecule has 0 atom stereocenters. The van der Waals surface area contributed by atoms with E-state index < -0.39 is 5.97 Å². The van der Waals surface area contributed by atoms with Gasteiger partial charge < -0.3 is 10.1 Å². The van der Waals surface area contributed by atoms with E-state index in [2.05, 4.69) is 43.0 Å². The van der Waals surface area contributed by atoms with Crippen molar-refractivity contribution in [1.29, 1.82) is 0 Å². The Balaban J connectivity index is 1.63. The molecule has 0 aliphatic carbocycles. The molecular weight excluding hydrogens is 426 g/mol. The third-order valence-electron chi connectivity index (χ3n) is 5.45. The molecule has 1 amide bonds. The van der Waals surface area contributed by atoms with Crippen LogP contribution in [-0.2, 0) is 22.5 Å². The molecule has 1 aromatic heterocycles. The van der Waals surface area contributed by atoms with E-state index in [1.54, 1.807) is 18.2 Å². The van der Waals surface area contributed by atoms with Gasteiger partial charge in [0.1, 0.15) is 0 Å². The van der Waals surface area contributed by atoms with E-state index in [-0.39, 0.29) is 5.91 Å². The number of carbonyl (C=O) groups excluding carboxylic acids is 2. The molecule has 0 fully saturated rings. The topological polar surface area (TPSA) is 73.2 Å². The number of nitrogens with one attached hydrogen (secondary N) is 1. The van der Waals surface area contributed by atoms with Crippen molar-refractivity contribution in [2.45, 2.75) is 47.1 Å². The Morgan fingerprint density at radius 1 is 1.06 bits per heavy atom. The number of hydrogen-bond acceptors (Lipinski definition) is 4. The summed E-state index contributed by atoms with van der Waals surface area (Å²) in [5.74, 6) is 6.21. The second kappa shape index (κ2) is 11.3. The predicted octanol–water partition coefficient (Wildman–Crippen LogP) is 4.91. The zero-order valence-corrected chi connectivity index (χ0v) is 20.4. The molecule has 0 unspecified atom stereocenters. The molecule has 6 nitrogen and oxygen atoms in total. The first-order valence-corrected chi connectivity index (χ1v) is 11.4. The summed E-state index contributed by atoms with van der Waals surface area (Å²) < 4.78 is 6.79. The van der Waals surface area contributed by atoms with Crippen molar-refractivity contribution < 1.29 is 14.3 Å². The van der Waals surface area contributed by atoms with Crippen LogP contribution in [0.15, 0.2) is 48.5 Å². The van der Waals surface area contributed by atoms with E-state index in [4.69, 9.17) is 4.74 Å². The summed E-state index contributed by atoms with van der Waals surface area (Å²) in [4.78, 5) is 24.3. The van der Waals surface area contributed by atoms with Gasteiger partial charge in [0.15, 0.2) is 0 Å². The Hall–Kier alpha value is -3.85. The maximum atomic E-state index is 12.6. The molecule has 3 rings (SSSR count). The number of hydrogen-bond donors (Lipinski definition) is 1. The highest BCUT2D eigenvalue weighted by Gasteiger charge is 2.14. The quantitative estimate of drug-likeness (QED) is 0.404. The second-order valence-electron chi connectivity index (χ2n) is 8.68. The SMILES string of the molecule is COC(=O)c1cccc(C#Cc2cccc(NC(=O)CCc3c(C)nn(CC(C)C)c3C)c2)c1. The Morgan fingerprint density at radius 3 is 2.41 bits per heavy atom. The van der Waals surface area contributed by atoms with Gasteiger partial charge in [-0.1, -0.05) is 37.8 Å². The number of esters is 1. The van der Waals surface area contributed by atoms with Gasteiger partial charge in [-0.2, -0.15) is 5.10 Å². The fourth-order valence-electron chi connectivity index (χ4n) is 3.74. The third kappa shape index (κ3) is 6.58. The van der Waals surface area contributed by atoms with Gasteiger partial charge in [0.25, 0.3) is 0 Å². The normalized spacial score (nSPS) is 10.5. The molecule has 1 heterocycles. The number of rotatable bonds is 7. The van der Waals surface area contributed by atoms with Crippen molar-refractivity contribution in [2.75, 3.05) is 12.4 Å². The van der Waals surface area contributed by atoms with Crippen molar-refractivity contribution in [3.63, 3.8) is 0 Å². The molecule has 2 aromatic carbocycles. The third-order valence-corrected chi connectivity index (χ3v) is 5.45. The smallest absolute Gasteiger partial charge is 0.337 e. The Kier molecular flexibility index (Phi) is 8.26. The van der Waals surface area contributed by atoms with Crippen LogP contribution in [-0.4, -0.2) is 28.8 Å². The summed E-state index contributed by atoms with van der Waals surface area (Å²) in [5, 5.41) is 7.60. The lowest BCUT2D eigenvalue weighted by molar-refractivity contribution is -0.116. The molecule has 0 aliphatic rings. The first kappa shape index (κ1) is 24.8. The van der Waals surface area contributed by atoms with E-state index in [9.17, 15) is 9.59 Å². The van der Waals surface area contributed by atoms with Crippen molar-refractivity contribution >= 4 is 17.6 Å². The van der Waals surface area contributed by atoms with Crippen LogP contribution in [0, 0.1) is 31.6 Å². The number of aryl methyl sites for hydroxylation is 1. The minimum atomic E-state index is -0.397. The lowest BCUT2D eigenvalue weighted by Crippen LogP contribution is -2.13. The predicted molar refractivity (Wildman–Crippen MR) is 134 cm³/mol. The van der Waals surface area contributed by atoms with Gasteiger partial charge in [-0.25, -0.2) is 4.79 Å². The van der Waals surface area contributed by atoms with Gasteiger partial charge in [0.05, 0.1) is 18.4 Å². The van der Waals surface area contributed by atoms with Crippen LogP contribution in [0.25, 0.3) is 0 Å². The van der Waals surface area contributed by atoms with E-state index in [1.165, 1.54) is 7.11 Å². The van der Waals surface area contributed by atoms with Crippen LogP contribution in [0.1, 0.15) is 58.7 Å². The molecule has 0 saturated heterocycles. The monoisotopic (exact) mass is 457 g/mol. The Bertz CT molecular complexity index is 1250. The van der Waals surface area contributed by atoms with Crippen molar-refractivity contribution in [1.82, 2.24) is 9.78 Å². The molecule has 0 bridgehead atoms. The zero-order valence-electron chi connectivity index (χ0n) is 20.4. The van der Waals surface area contributed by atoms with E-state index in [0.29, 0.717) is 35.6 Å². The molecule has 0 radical (unpaired) electrons. The molecule has 0 aliphatic heterocycles. The van der Waals surface area contributed by atoms with Crippen LogP contribution in [0.5, 0.6) is 0 Å². The number of methoxy groups -OCH3 is 1. The van der Waals surface area contributed by atoms with Crippen molar-refractivity contribution in [3.05, 3.63) is 82.2 Å². The van der Waals surface area contributed by atoms with E-state index >= 15 is 0 Å². The lowest BCUT2D eigenvalue weighted by Gasteiger charge is -2.08. The van der Waals surface area contributed by atoms with Crippen LogP contribution in [0.3, 0.4) is 0 Å². The van der Waals surface area contributed by atoms with Crippen molar-refractivity contribution in [2.24, 2.45) is 5.92 Å². The maximum absolute atomic E-state index is 12.6. The van der Waals surface area contributed by atoms with E-state index in [1.807, 2.05) is 41.9 Å². The summed E-state index contributed by atoms with van der Waals surface area (Å²) in [7, 11) is 1.35. The molecule has 0 spiro atoms. The average molecular weight is 458 g/mol. The van der Waals surface area contributed by atoms with Gasteiger partial charge >= 0.3 is 5.97 Å². The highest BCUT2D eigenvalue weighted by molar-refractivity contribution is 5.91. The molecular formula is C28H31N3O3. The second-order valence-corrected chi connectivity index (χ2v) is 8.68. The molecule has 176 valence electrons. The van der Waals surface area contributed by atoms with Gasteiger partial charge in [0.2, 0.25) is 5.91 Å². The largest absolute Gasteiger partial charge is 0.465 e. The van der Waals surface area contributed by atoms with Gasteiger partial charge in [-0.15, -0.1) is 0 Å². The first-order valence-electron chi connectivity index (χ1n) is 11.4. The highest BCUT2D eigenvalue weighted by atomic mass is 16.5. The van der Waals surface area contributed by atoms with Gasteiger partial charge in [-0.05, 0) is 68.1 Å². The van der Waals surface area contributed by atoms with Crippen LogP contribution < -0.4 is 5.32 Å². The zero-order chi connectivity index (χ0) is 24.7. The van der Waals surface area contributed by atoms with Gasteiger partial charge in [-0.3, -0.25) is 9.48 Å². The number of benzene rings is 2. The molecule has 34 heavy (non-hydrogen) atoms. The average Bonchev–Trinajstić information content (AvgIpc) is 3.07. The fraction of sp³-hybridized carbons (Fsp3) is 0.321. The Morgan fingerprint density at radius 2 is 1.74 bits per heavy atom. The number of carbonyl (C=O) groups is 2. The molecule has 3 aromatic rings. The minimum absolute atomic E-state index is 0.0497. The summed E-state index contributed by atoms with van der Waals surface area (Å²) in [6.45, 7) is 9.28. The Labute approximate surface area is 201 Å². The summed E-state index contributed by atoms with van der Waals surface area (Å²) >= 11 is 0. The number of aromatic nitrogens is 2. The molecule has 6 heteroatoms.